The zero-order chi connectivity index (χ0) is 7.78. The molecule has 0 aromatic rings. The summed E-state index contributed by atoms with van der Waals surface area (Å²) >= 11 is 5.17. The zero-order valence-corrected chi connectivity index (χ0v) is 7.49. The molecule has 0 bridgehead atoms. The van der Waals surface area contributed by atoms with Crippen LogP contribution in [0.3, 0.4) is 0 Å². The lowest BCUT2D eigenvalue weighted by Crippen LogP contribution is -2.50. The molecule has 2 nitrogen and oxygen atoms in total. The first-order valence-corrected chi connectivity index (χ1v) is 3.84. The van der Waals surface area contributed by atoms with Gasteiger partial charge in [-0.2, -0.15) is 0 Å². The maximum atomic E-state index is 5.47. The zero-order valence-electron chi connectivity index (χ0n) is 6.68. The van der Waals surface area contributed by atoms with Gasteiger partial charge in [-0.05, 0) is 13.8 Å². The highest BCUT2D eigenvalue weighted by Gasteiger charge is 2.30. The highest BCUT2D eigenvalue weighted by Crippen LogP contribution is 2.18. The summed E-state index contributed by atoms with van der Waals surface area (Å²) < 4.78 is 5.47. The van der Waals surface area contributed by atoms with Crippen LogP contribution in [0.2, 0.25) is 0 Å². The van der Waals surface area contributed by atoms with Crippen molar-refractivity contribution in [2.24, 2.45) is 0 Å². The van der Waals surface area contributed by atoms with Gasteiger partial charge >= 0.3 is 0 Å². The summed E-state index contributed by atoms with van der Waals surface area (Å²) in [6, 6.07) is 0. The average molecular weight is 159 g/mol. The molecule has 0 amide bonds. The number of likely N-dealkylation sites (N-methyl/N-ethyl adjacent to an activating group) is 1. The van der Waals surface area contributed by atoms with Crippen LogP contribution < -0.4 is 0 Å². The summed E-state index contributed by atoms with van der Waals surface area (Å²) in [5.41, 5.74) is -0.234. The minimum absolute atomic E-state index is 0.234. The molecule has 1 fully saturated rings. The first-order valence-electron chi connectivity index (χ1n) is 3.43. The van der Waals surface area contributed by atoms with Crippen LogP contribution in [-0.2, 0) is 4.74 Å². The number of rotatable bonds is 0. The Labute approximate surface area is 67.2 Å². The van der Waals surface area contributed by atoms with E-state index in [1.807, 2.05) is 20.9 Å². The fourth-order valence-corrected chi connectivity index (χ4v) is 1.21. The van der Waals surface area contributed by atoms with Crippen molar-refractivity contribution in [3.05, 3.63) is 0 Å². The van der Waals surface area contributed by atoms with Crippen molar-refractivity contribution in [1.82, 2.24) is 4.90 Å². The van der Waals surface area contributed by atoms with E-state index in [4.69, 9.17) is 17.0 Å². The molecule has 1 saturated heterocycles. The first-order chi connectivity index (χ1) is 4.54. The van der Waals surface area contributed by atoms with Crippen molar-refractivity contribution in [2.75, 3.05) is 20.2 Å². The number of hydrogen-bond donors (Lipinski definition) is 0. The third-order valence-electron chi connectivity index (χ3n) is 1.75. The van der Waals surface area contributed by atoms with Gasteiger partial charge in [0.15, 0.2) is 0 Å². The van der Waals surface area contributed by atoms with Gasteiger partial charge in [0.05, 0.1) is 6.61 Å². The average Bonchev–Trinajstić information content (AvgIpc) is 1.83. The van der Waals surface area contributed by atoms with E-state index < -0.39 is 0 Å². The predicted molar refractivity (Wildman–Crippen MR) is 45.3 cm³/mol. The summed E-state index contributed by atoms with van der Waals surface area (Å²) in [6.45, 7) is 5.71. The summed E-state index contributed by atoms with van der Waals surface area (Å²) in [7, 11) is 2.01. The molecule has 0 aromatic carbocycles. The number of nitrogens with zero attached hydrogens (tertiary/aromatic N) is 1. The Morgan fingerprint density at radius 3 is 2.60 bits per heavy atom. The largest absolute Gasteiger partial charge is 0.367 e. The maximum absolute atomic E-state index is 5.47. The predicted octanol–water partition coefficient (Wildman–Crippen LogP) is 1.05. The number of hydrogen-bond acceptors (Lipinski definition) is 2. The highest BCUT2D eigenvalue weighted by atomic mass is 32.1. The van der Waals surface area contributed by atoms with Crippen LogP contribution in [0.5, 0.6) is 0 Å². The second-order valence-electron chi connectivity index (χ2n) is 3.09. The van der Waals surface area contributed by atoms with Crippen molar-refractivity contribution in [2.45, 2.75) is 19.4 Å². The summed E-state index contributed by atoms with van der Waals surface area (Å²) in [5.74, 6) is 0. The molecule has 0 atom stereocenters. The van der Waals surface area contributed by atoms with Crippen LogP contribution >= 0.6 is 12.2 Å². The van der Waals surface area contributed by atoms with Gasteiger partial charge in [0.2, 0.25) is 0 Å². The van der Waals surface area contributed by atoms with Gasteiger partial charge in [-0.1, -0.05) is 12.2 Å². The summed E-state index contributed by atoms with van der Waals surface area (Å²) in [4.78, 5) is 2.97. The normalized spacial score (nSPS) is 25.1. The van der Waals surface area contributed by atoms with Gasteiger partial charge in [-0.25, -0.2) is 0 Å². The van der Waals surface area contributed by atoms with E-state index >= 15 is 0 Å². The van der Waals surface area contributed by atoms with Crippen LogP contribution in [0.1, 0.15) is 13.8 Å². The smallest absolute Gasteiger partial charge is 0.113 e. The van der Waals surface area contributed by atoms with Crippen molar-refractivity contribution in [3.63, 3.8) is 0 Å². The van der Waals surface area contributed by atoms with Gasteiger partial charge < -0.3 is 9.64 Å². The Morgan fingerprint density at radius 2 is 2.20 bits per heavy atom. The molecule has 1 aliphatic rings. The van der Waals surface area contributed by atoms with Crippen molar-refractivity contribution in [1.29, 1.82) is 0 Å². The third kappa shape index (κ3) is 1.30. The molecule has 0 unspecified atom stereocenters. The molecule has 10 heavy (non-hydrogen) atoms. The molecular formula is C7H13NOS. The molecular weight excluding hydrogens is 146 g/mol. The molecule has 0 aliphatic carbocycles. The van der Waals surface area contributed by atoms with E-state index in [-0.39, 0.29) is 5.60 Å². The lowest BCUT2D eigenvalue weighted by Gasteiger charge is -2.37. The van der Waals surface area contributed by atoms with Crippen LogP contribution in [0, 0.1) is 0 Å². The fraction of sp³-hybridized carbons (Fsp3) is 0.857. The van der Waals surface area contributed by atoms with Crippen LogP contribution in [-0.4, -0.2) is 35.7 Å². The Bertz CT molecular complexity index is 156. The van der Waals surface area contributed by atoms with Gasteiger partial charge in [0, 0.05) is 13.6 Å². The van der Waals surface area contributed by atoms with E-state index in [0.29, 0.717) is 0 Å². The Morgan fingerprint density at radius 1 is 1.60 bits per heavy atom. The van der Waals surface area contributed by atoms with E-state index in [0.717, 1.165) is 18.1 Å². The van der Waals surface area contributed by atoms with E-state index in [1.54, 1.807) is 0 Å². The van der Waals surface area contributed by atoms with E-state index in [1.165, 1.54) is 0 Å². The third-order valence-corrected chi connectivity index (χ3v) is 2.55. The quantitative estimate of drug-likeness (QED) is 0.490. The van der Waals surface area contributed by atoms with Crippen molar-refractivity contribution < 1.29 is 4.74 Å². The standard InChI is InChI=1S/C7H13NOS/c1-7(2)6(10)8(3)4-5-9-7/h4-5H2,1-3H3. The molecule has 1 heterocycles. The minimum atomic E-state index is -0.234. The monoisotopic (exact) mass is 159 g/mol. The van der Waals surface area contributed by atoms with Gasteiger partial charge in [-0.15, -0.1) is 0 Å². The van der Waals surface area contributed by atoms with Crippen LogP contribution in [0.15, 0.2) is 0 Å². The molecule has 0 saturated carbocycles. The Hall–Kier alpha value is -0.150. The molecule has 1 aliphatic heterocycles. The van der Waals surface area contributed by atoms with Gasteiger partial charge in [0.25, 0.3) is 0 Å². The molecule has 3 heteroatoms. The topological polar surface area (TPSA) is 12.5 Å². The second kappa shape index (κ2) is 2.47. The van der Waals surface area contributed by atoms with Crippen molar-refractivity contribution >= 4 is 17.2 Å². The lowest BCUT2D eigenvalue weighted by molar-refractivity contribution is 0.00177. The lowest BCUT2D eigenvalue weighted by atomic mass is 10.1. The number of morpholine rings is 1. The van der Waals surface area contributed by atoms with Crippen LogP contribution in [0.4, 0.5) is 0 Å². The molecule has 0 aromatic heterocycles. The summed E-state index contributed by atoms with van der Waals surface area (Å²) in [5, 5.41) is 0. The Balaban J connectivity index is 2.70. The minimum Gasteiger partial charge on any atom is -0.367 e. The van der Waals surface area contributed by atoms with Crippen LogP contribution in [0.25, 0.3) is 0 Å². The van der Waals surface area contributed by atoms with Gasteiger partial charge in [-0.3, -0.25) is 0 Å². The Kier molecular flexibility index (Phi) is 1.97. The molecule has 0 radical (unpaired) electrons. The van der Waals surface area contributed by atoms with E-state index in [9.17, 15) is 0 Å². The number of thiocarbonyl (C=S) groups is 1. The fourth-order valence-electron chi connectivity index (χ4n) is 1.06. The summed E-state index contributed by atoms with van der Waals surface area (Å²) in [6.07, 6.45) is 0. The molecule has 0 spiro atoms. The first kappa shape index (κ1) is 7.95. The SMILES string of the molecule is CN1CCOC(C)(C)C1=S. The molecule has 1 rings (SSSR count). The van der Waals surface area contributed by atoms with Crippen molar-refractivity contribution in [3.8, 4) is 0 Å². The molecule has 58 valence electrons. The molecule has 0 N–H and O–H groups in total. The van der Waals surface area contributed by atoms with E-state index in [2.05, 4.69) is 4.90 Å². The second-order valence-corrected chi connectivity index (χ2v) is 3.47. The van der Waals surface area contributed by atoms with Gasteiger partial charge in [0.1, 0.15) is 10.6 Å². The number of ether oxygens (including phenoxy) is 1. The highest BCUT2D eigenvalue weighted by molar-refractivity contribution is 7.80. The maximum Gasteiger partial charge on any atom is 0.113 e.